The molecule has 1 atom stereocenters. The molecule has 0 saturated carbocycles. The molecule has 0 aliphatic carbocycles. The molecule has 1 N–H and O–H groups in total. The summed E-state index contributed by atoms with van der Waals surface area (Å²) in [5.74, 6) is 1.50. The number of ether oxygens (including phenoxy) is 2. The molecule has 1 saturated heterocycles. The van der Waals surface area contributed by atoms with Crippen LogP contribution >= 0.6 is 0 Å². The number of carbonyl (C=O) groups excluding carboxylic acids is 2. The van der Waals surface area contributed by atoms with Gasteiger partial charge in [-0.1, -0.05) is 32.0 Å². The van der Waals surface area contributed by atoms with E-state index in [1.807, 2.05) is 60.0 Å². The van der Waals surface area contributed by atoms with Crippen molar-refractivity contribution in [3.8, 4) is 11.5 Å². The molecule has 3 amide bonds. The standard InChI is InChI=1S/C26H35N3O4/c1-17(2)22-16-28(25(30)15-20-10-11-23(32-5)24(14-20)33-6)12-13-29(22)26(31)27-21-9-7-8-18(3)19(21)4/h7-11,14,17,22H,12-13,15-16H2,1-6H3,(H,27,31). The van der Waals surface area contributed by atoms with Gasteiger partial charge >= 0.3 is 6.03 Å². The Hall–Kier alpha value is -3.22. The predicted octanol–water partition coefficient (Wildman–Crippen LogP) is 4.26. The van der Waals surface area contributed by atoms with Crippen LogP contribution in [0.5, 0.6) is 11.5 Å². The average molecular weight is 454 g/mol. The maximum absolute atomic E-state index is 13.1. The van der Waals surface area contributed by atoms with Crippen molar-refractivity contribution in [1.29, 1.82) is 0 Å². The first kappa shape index (κ1) is 24.4. The van der Waals surface area contributed by atoms with Crippen LogP contribution in [0.3, 0.4) is 0 Å². The Labute approximate surface area is 196 Å². The summed E-state index contributed by atoms with van der Waals surface area (Å²) in [6.45, 7) is 9.74. The van der Waals surface area contributed by atoms with Gasteiger partial charge in [0, 0.05) is 25.3 Å². The lowest BCUT2D eigenvalue weighted by Crippen LogP contribution is -2.59. The lowest BCUT2D eigenvalue weighted by Gasteiger charge is -2.43. The zero-order valence-electron chi connectivity index (χ0n) is 20.5. The van der Waals surface area contributed by atoms with E-state index in [9.17, 15) is 9.59 Å². The smallest absolute Gasteiger partial charge is 0.322 e. The average Bonchev–Trinajstić information content (AvgIpc) is 2.81. The van der Waals surface area contributed by atoms with Gasteiger partial charge in [-0.25, -0.2) is 4.79 Å². The first-order chi connectivity index (χ1) is 15.7. The molecule has 7 nitrogen and oxygen atoms in total. The molecule has 178 valence electrons. The number of anilines is 1. The molecule has 0 bridgehead atoms. The minimum Gasteiger partial charge on any atom is -0.493 e. The Balaban J connectivity index is 1.68. The SMILES string of the molecule is COc1ccc(CC(=O)N2CCN(C(=O)Nc3cccc(C)c3C)C(C(C)C)C2)cc1OC. The van der Waals surface area contributed by atoms with Gasteiger partial charge in [0.15, 0.2) is 11.5 Å². The minimum atomic E-state index is -0.116. The van der Waals surface area contributed by atoms with Crippen molar-refractivity contribution in [2.45, 2.75) is 40.2 Å². The van der Waals surface area contributed by atoms with Crippen molar-refractivity contribution in [1.82, 2.24) is 9.80 Å². The van der Waals surface area contributed by atoms with Crippen LogP contribution in [0.2, 0.25) is 0 Å². The molecule has 1 fully saturated rings. The van der Waals surface area contributed by atoms with Gasteiger partial charge in [-0.3, -0.25) is 4.79 Å². The second kappa shape index (κ2) is 10.6. The van der Waals surface area contributed by atoms with Crippen LogP contribution in [-0.2, 0) is 11.2 Å². The van der Waals surface area contributed by atoms with E-state index in [1.165, 1.54) is 0 Å². The van der Waals surface area contributed by atoms with Gasteiger partial charge in [-0.15, -0.1) is 0 Å². The molecule has 0 radical (unpaired) electrons. The monoisotopic (exact) mass is 453 g/mol. The number of piperazine rings is 1. The highest BCUT2D eigenvalue weighted by atomic mass is 16.5. The molecule has 2 aromatic rings. The van der Waals surface area contributed by atoms with Crippen LogP contribution in [0.25, 0.3) is 0 Å². The van der Waals surface area contributed by atoms with Crippen molar-refractivity contribution in [2.75, 3.05) is 39.2 Å². The van der Waals surface area contributed by atoms with E-state index in [4.69, 9.17) is 9.47 Å². The molecule has 1 aliphatic rings. The number of benzene rings is 2. The lowest BCUT2D eigenvalue weighted by molar-refractivity contribution is -0.133. The maximum atomic E-state index is 13.1. The molecule has 1 unspecified atom stereocenters. The number of methoxy groups -OCH3 is 2. The van der Waals surface area contributed by atoms with Crippen LogP contribution in [0.1, 0.15) is 30.5 Å². The third kappa shape index (κ3) is 5.59. The highest BCUT2D eigenvalue weighted by Gasteiger charge is 2.34. The minimum absolute atomic E-state index is 0.0439. The molecule has 2 aromatic carbocycles. The Morgan fingerprint density at radius 2 is 1.79 bits per heavy atom. The van der Waals surface area contributed by atoms with Gasteiger partial charge < -0.3 is 24.6 Å². The fourth-order valence-corrected chi connectivity index (χ4v) is 4.21. The second-order valence-corrected chi connectivity index (χ2v) is 8.89. The number of urea groups is 1. The van der Waals surface area contributed by atoms with Crippen molar-refractivity contribution < 1.29 is 19.1 Å². The summed E-state index contributed by atoms with van der Waals surface area (Å²) < 4.78 is 10.6. The maximum Gasteiger partial charge on any atom is 0.322 e. The molecule has 0 spiro atoms. The summed E-state index contributed by atoms with van der Waals surface area (Å²) in [6, 6.07) is 11.3. The van der Waals surface area contributed by atoms with E-state index in [2.05, 4.69) is 19.2 Å². The highest BCUT2D eigenvalue weighted by Crippen LogP contribution is 2.28. The Morgan fingerprint density at radius 1 is 1.06 bits per heavy atom. The van der Waals surface area contributed by atoms with E-state index in [1.54, 1.807) is 14.2 Å². The van der Waals surface area contributed by atoms with E-state index in [-0.39, 0.29) is 30.3 Å². The largest absolute Gasteiger partial charge is 0.493 e. The van der Waals surface area contributed by atoms with Crippen LogP contribution in [0, 0.1) is 19.8 Å². The Bertz CT molecular complexity index is 1010. The zero-order chi connectivity index (χ0) is 24.1. The summed E-state index contributed by atoms with van der Waals surface area (Å²) in [6.07, 6.45) is 0.278. The van der Waals surface area contributed by atoms with E-state index in [0.717, 1.165) is 22.4 Å². The van der Waals surface area contributed by atoms with E-state index in [0.29, 0.717) is 31.1 Å². The van der Waals surface area contributed by atoms with Crippen LogP contribution in [-0.4, -0.2) is 61.6 Å². The van der Waals surface area contributed by atoms with Crippen molar-refractivity contribution >= 4 is 17.6 Å². The third-order valence-electron chi connectivity index (χ3n) is 6.45. The van der Waals surface area contributed by atoms with Crippen LogP contribution in [0.4, 0.5) is 10.5 Å². The summed E-state index contributed by atoms with van der Waals surface area (Å²) in [5.41, 5.74) is 3.90. The molecular weight excluding hydrogens is 418 g/mol. The van der Waals surface area contributed by atoms with Gasteiger partial charge in [-0.2, -0.15) is 0 Å². The number of aryl methyl sites for hydroxylation is 1. The lowest BCUT2D eigenvalue weighted by atomic mass is 9.99. The van der Waals surface area contributed by atoms with Crippen molar-refractivity contribution in [3.05, 3.63) is 53.1 Å². The molecular formula is C26H35N3O4. The summed E-state index contributed by atoms with van der Waals surface area (Å²) in [5, 5.41) is 3.07. The highest BCUT2D eigenvalue weighted by molar-refractivity contribution is 5.91. The summed E-state index contributed by atoms with van der Waals surface area (Å²) >= 11 is 0. The number of hydrogen-bond acceptors (Lipinski definition) is 4. The molecule has 1 heterocycles. The fourth-order valence-electron chi connectivity index (χ4n) is 4.21. The number of nitrogens with one attached hydrogen (secondary N) is 1. The van der Waals surface area contributed by atoms with Crippen LogP contribution in [0.15, 0.2) is 36.4 Å². The zero-order valence-corrected chi connectivity index (χ0v) is 20.5. The third-order valence-corrected chi connectivity index (χ3v) is 6.45. The molecule has 7 heteroatoms. The summed E-state index contributed by atoms with van der Waals surface area (Å²) in [7, 11) is 3.17. The Kier molecular flexibility index (Phi) is 7.84. The molecule has 33 heavy (non-hydrogen) atoms. The van der Waals surface area contributed by atoms with Gasteiger partial charge in [0.25, 0.3) is 0 Å². The molecule has 3 rings (SSSR count). The normalized spacial score (nSPS) is 16.0. The van der Waals surface area contributed by atoms with Gasteiger partial charge in [0.1, 0.15) is 0 Å². The van der Waals surface area contributed by atoms with Gasteiger partial charge in [0.2, 0.25) is 5.91 Å². The number of amides is 3. The van der Waals surface area contributed by atoms with E-state index < -0.39 is 0 Å². The number of nitrogens with zero attached hydrogens (tertiary/aromatic N) is 2. The predicted molar refractivity (Wildman–Crippen MR) is 130 cm³/mol. The fraction of sp³-hybridized carbons (Fsp3) is 0.462. The van der Waals surface area contributed by atoms with Crippen LogP contribution < -0.4 is 14.8 Å². The topological polar surface area (TPSA) is 71.1 Å². The number of rotatable bonds is 6. The van der Waals surface area contributed by atoms with Gasteiger partial charge in [0.05, 0.1) is 26.7 Å². The van der Waals surface area contributed by atoms with Crippen molar-refractivity contribution in [3.63, 3.8) is 0 Å². The van der Waals surface area contributed by atoms with E-state index >= 15 is 0 Å². The first-order valence-electron chi connectivity index (χ1n) is 11.4. The Morgan fingerprint density at radius 3 is 2.45 bits per heavy atom. The number of hydrogen-bond donors (Lipinski definition) is 1. The van der Waals surface area contributed by atoms with Gasteiger partial charge in [-0.05, 0) is 54.7 Å². The quantitative estimate of drug-likeness (QED) is 0.709. The number of carbonyl (C=O) groups is 2. The first-order valence-corrected chi connectivity index (χ1v) is 11.4. The molecule has 0 aromatic heterocycles. The molecule has 1 aliphatic heterocycles. The second-order valence-electron chi connectivity index (χ2n) is 8.89. The summed E-state index contributed by atoms with van der Waals surface area (Å²) in [4.78, 5) is 29.9. The van der Waals surface area contributed by atoms with Crippen molar-refractivity contribution in [2.24, 2.45) is 5.92 Å².